The highest BCUT2D eigenvalue weighted by atomic mass is 79.9. The zero-order valence-electron chi connectivity index (χ0n) is 10.7. The molecule has 0 saturated heterocycles. The SMILES string of the molecule is NNC(Cc1ccccc1F)Cc1ccc(F)cc1Br. The molecule has 0 bridgehead atoms. The first-order valence-corrected chi connectivity index (χ1v) is 7.03. The van der Waals surface area contributed by atoms with Crippen LogP contribution in [0.1, 0.15) is 11.1 Å². The summed E-state index contributed by atoms with van der Waals surface area (Å²) in [6, 6.07) is 11.0. The lowest BCUT2D eigenvalue weighted by Crippen LogP contribution is -2.38. The van der Waals surface area contributed by atoms with Gasteiger partial charge in [-0.2, -0.15) is 0 Å². The maximum atomic E-state index is 13.6. The molecule has 0 aliphatic rings. The maximum absolute atomic E-state index is 13.6. The molecule has 1 unspecified atom stereocenters. The van der Waals surface area contributed by atoms with Gasteiger partial charge in [0.1, 0.15) is 11.6 Å². The van der Waals surface area contributed by atoms with E-state index in [0.717, 1.165) is 5.56 Å². The van der Waals surface area contributed by atoms with E-state index in [4.69, 9.17) is 5.84 Å². The first-order valence-electron chi connectivity index (χ1n) is 6.23. The molecule has 2 rings (SSSR count). The molecule has 2 nitrogen and oxygen atoms in total. The molecule has 5 heteroatoms. The second kappa shape index (κ2) is 6.92. The molecule has 0 spiro atoms. The predicted octanol–water partition coefficient (Wildman–Crippen LogP) is 3.34. The zero-order chi connectivity index (χ0) is 14.5. The van der Waals surface area contributed by atoms with E-state index in [1.54, 1.807) is 24.3 Å². The van der Waals surface area contributed by atoms with E-state index >= 15 is 0 Å². The summed E-state index contributed by atoms with van der Waals surface area (Å²) in [4.78, 5) is 0. The van der Waals surface area contributed by atoms with Gasteiger partial charge in [-0.15, -0.1) is 0 Å². The highest BCUT2D eigenvalue weighted by Crippen LogP contribution is 2.20. The van der Waals surface area contributed by atoms with Crippen LogP contribution in [0.4, 0.5) is 8.78 Å². The van der Waals surface area contributed by atoms with Crippen LogP contribution in [0.2, 0.25) is 0 Å². The Labute approximate surface area is 125 Å². The summed E-state index contributed by atoms with van der Waals surface area (Å²) in [6.45, 7) is 0. The van der Waals surface area contributed by atoms with Crippen molar-refractivity contribution in [2.24, 2.45) is 5.84 Å². The van der Waals surface area contributed by atoms with Crippen LogP contribution in [0.3, 0.4) is 0 Å². The summed E-state index contributed by atoms with van der Waals surface area (Å²) < 4.78 is 27.4. The standard InChI is InChI=1S/C15H15BrF2N2/c16-14-9-12(17)6-5-10(14)7-13(20-19)8-11-3-1-2-4-15(11)18/h1-6,9,13,20H,7-8,19H2. The van der Waals surface area contributed by atoms with Crippen molar-refractivity contribution < 1.29 is 8.78 Å². The largest absolute Gasteiger partial charge is 0.271 e. The average molecular weight is 341 g/mol. The molecule has 0 fully saturated rings. The van der Waals surface area contributed by atoms with Gasteiger partial charge in [-0.05, 0) is 42.2 Å². The van der Waals surface area contributed by atoms with Gasteiger partial charge in [0.25, 0.3) is 0 Å². The van der Waals surface area contributed by atoms with Gasteiger partial charge in [-0.3, -0.25) is 11.3 Å². The maximum Gasteiger partial charge on any atom is 0.126 e. The minimum absolute atomic E-state index is 0.131. The molecule has 0 aliphatic carbocycles. The van der Waals surface area contributed by atoms with Crippen LogP contribution in [-0.2, 0) is 12.8 Å². The summed E-state index contributed by atoms with van der Waals surface area (Å²) in [7, 11) is 0. The lowest BCUT2D eigenvalue weighted by Gasteiger charge is -2.17. The van der Waals surface area contributed by atoms with Gasteiger partial charge in [-0.25, -0.2) is 8.78 Å². The van der Waals surface area contributed by atoms with Gasteiger partial charge in [0, 0.05) is 10.5 Å². The molecule has 0 aliphatic heterocycles. The van der Waals surface area contributed by atoms with Crippen LogP contribution in [0.5, 0.6) is 0 Å². The molecule has 20 heavy (non-hydrogen) atoms. The summed E-state index contributed by atoms with van der Waals surface area (Å²) >= 11 is 3.32. The van der Waals surface area contributed by atoms with Crippen molar-refractivity contribution in [1.82, 2.24) is 5.43 Å². The normalized spacial score (nSPS) is 12.4. The van der Waals surface area contributed by atoms with Crippen LogP contribution in [0.25, 0.3) is 0 Å². The predicted molar refractivity (Wildman–Crippen MR) is 79.0 cm³/mol. The molecule has 1 atom stereocenters. The smallest absolute Gasteiger partial charge is 0.126 e. The highest BCUT2D eigenvalue weighted by Gasteiger charge is 2.13. The molecule has 2 aromatic rings. The fourth-order valence-electron chi connectivity index (χ4n) is 2.07. The number of halogens is 3. The fourth-order valence-corrected chi connectivity index (χ4v) is 2.58. The second-order valence-corrected chi connectivity index (χ2v) is 5.45. The van der Waals surface area contributed by atoms with Gasteiger partial charge in [-0.1, -0.05) is 40.2 Å². The minimum Gasteiger partial charge on any atom is -0.271 e. The van der Waals surface area contributed by atoms with Crippen molar-refractivity contribution in [2.45, 2.75) is 18.9 Å². The van der Waals surface area contributed by atoms with E-state index in [1.165, 1.54) is 18.2 Å². The van der Waals surface area contributed by atoms with Crippen molar-refractivity contribution in [2.75, 3.05) is 0 Å². The van der Waals surface area contributed by atoms with E-state index in [2.05, 4.69) is 21.4 Å². The van der Waals surface area contributed by atoms with Crippen molar-refractivity contribution in [3.63, 3.8) is 0 Å². The third-order valence-corrected chi connectivity index (χ3v) is 3.88. The fraction of sp³-hybridized carbons (Fsp3) is 0.200. The summed E-state index contributed by atoms with van der Waals surface area (Å²) in [5.74, 6) is 4.99. The monoisotopic (exact) mass is 340 g/mol. The van der Waals surface area contributed by atoms with Crippen molar-refractivity contribution in [1.29, 1.82) is 0 Å². The third-order valence-electron chi connectivity index (χ3n) is 3.14. The first kappa shape index (κ1) is 15.1. The van der Waals surface area contributed by atoms with E-state index < -0.39 is 0 Å². The van der Waals surface area contributed by atoms with Crippen LogP contribution < -0.4 is 11.3 Å². The van der Waals surface area contributed by atoms with Crippen LogP contribution in [-0.4, -0.2) is 6.04 Å². The Morgan fingerprint density at radius 2 is 1.75 bits per heavy atom. The Kier molecular flexibility index (Phi) is 5.23. The van der Waals surface area contributed by atoms with Gasteiger partial charge in [0.15, 0.2) is 0 Å². The average Bonchev–Trinajstić information content (AvgIpc) is 2.43. The number of nitrogens with one attached hydrogen (secondary N) is 1. The van der Waals surface area contributed by atoms with Crippen LogP contribution in [0, 0.1) is 11.6 Å². The number of nitrogens with two attached hydrogens (primary N) is 1. The molecular weight excluding hydrogens is 326 g/mol. The van der Waals surface area contributed by atoms with Gasteiger partial charge in [0.05, 0.1) is 0 Å². The molecule has 0 amide bonds. The van der Waals surface area contributed by atoms with Crippen molar-refractivity contribution >= 4 is 15.9 Å². The van der Waals surface area contributed by atoms with Gasteiger partial charge >= 0.3 is 0 Å². The lowest BCUT2D eigenvalue weighted by molar-refractivity contribution is 0.505. The molecule has 0 saturated carbocycles. The van der Waals surface area contributed by atoms with E-state index in [1.807, 2.05) is 0 Å². The van der Waals surface area contributed by atoms with Gasteiger partial charge in [0.2, 0.25) is 0 Å². The summed E-state index contributed by atoms with van der Waals surface area (Å²) in [5.41, 5.74) is 4.21. The first-order chi connectivity index (χ1) is 9.60. The number of hydrazine groups is 1. The Bertz CT molecular complexity index is 590. The molecule has 106 valence electrons. The van der Waals surface area contributed by atoms with Crippen LogP contribution >= 0.6 is 15.9 Å². The Morgan fingerprint density at radius 3 is 2.40 bits per heavy atom. The number of benzene rings is 2. The number of hydrogen-bond donors (Lipinski definition) is 2. The molecule has 0 heterocycles. The summed E-state index contributed by atoms with van der Waals surface area (Å²) in [6.07, 6.45) is 1.04. The van der Waals surface area contributed by atoms with Crippen molar-refractivity contribution in [3.05, 3.63) is 69.7 Å². The second-order valence-electron chi connectivity index (χ2n) is 4.60. The number of rotatable bonds is 5. The van der Waals surface area contributed by atoms with Crippen molar-refractivity contribution in [3.8, 4) is 0 Å². The third kappa shape index (κ3) is 3.85. The Morgan fingerprint density at radius 1 is 1.05 bits per heavy atom. The molecule has 2 aromatic carbocycles. The van der Waals surface area contributed by atoms with E-state index in [9.17, 15) is 8.78 Å². The van der Waals surface area contributed by atoms with Crippen LogP contribution in [0.15, 0.2) is 46.9 Å². The molecular formula is C15H15BrF2N2. The Hall–Kier alpha value is -1.30. The lowest BCUT2D eigenvalue weighted by atomic mass is 9.99. The molecule has 0 radical (unpaired) electrons. The summed E-state index contributed by atoms with van der Waals surface area (Å²) in [5, 5.41) is 0. The van der Waals surface area contributed by atoms with Gasteiger partial charge < -0.3 is 0 Å². The highest BCUT2D eigenvalue weighted by molar-refractivity contribution is 9.10. The zero-order valence-corrected chi connectivity index (χ0v) is 12.3. The molecule has 3 N–H and O–H groups in total. The number of hydrogen-bond acceptors (Lipinski definition) is 2. The Balaban J connectivity index is 2.11. The van der Waals surface area contributed by atoms with E-state index in [0.29, 0.717) is 22.9 Å². The topological polar surface area (TPSA) is 38.0 Å². The quantitative estimate of drug-likeness (QED) is 0.647. The van der Waals surface area contributed by atoms with E-state index in [-0.39, 0.29) is 17.7 Å². The molecule has 0 aromatic heterocycles. The minimum atomic E-state index is -0.299.